The number of aryl methyl sites for hydroxylation is 1. The van der Waals surface area contributed by atoms with E-state index in [1.807, 2.05) is 45.0 Å². The van der Waals surface area contributed by atoms with Crippen LogP contribution in [0, 0.1) is 18.8 Å². The lowest BCUT2D eigenvalue weighted by Crippen LogP contribution is -2.43. The Balaban J connectivity index is 2.06. The van der Waals surface area contributed by atoms with Crippen molar-refractivity contribution >= 4 is 29.5 Å². The summed E-state index contributed by atoms with van der Waals surface area (Å²) in [6, 6.07) is 7.78. The normalized spacial score (nSPS) is 22.9. The fourth-order valence-corrected chi connectivity index (χ4v) is 4.95. The Kier molecular flexibility index (Phi) is 7.82. The Hall–Kier alpha value is -2.54. The van der Waals surface area contributed by atoms with Gasteiger partial charge < -0.3 is 14.8 Å². The standard InChI is InChI=1S/C25H31NO5S/c1-6-32-12-11-31-25(29)20-16(4)26-18-13-15(3)19(24(28)30-5)23(27)22(18)21(20)17-9-7-14(2)8-10-17/h7-10,15,19,21,26H,6,11-13H2,1-5H3. The summed E-state index contributed by atoms with van der Waals surface area (Å²) in [5, 5.41) is 3.28. The van der Waals surface area contributed by atoms with Gasteiger partial charge in [0.25, 0.3) is 0 Å². The number of Topliss-reactive ketones (excluding diaryl/α,β-unsaturated/α-hetero) is 1. The molecule has 0 bridgehead atoms. The van der Waals surface area contributed by atoms with Crippen LogP contribution in [0.3, 0.4) is 0 Å². The van der Waals surface area contributed by atoms with Gasteiger partial charge in [-0.25, -0.2) is 4.79 Å². The van der Waals surface area contributed by atoms with Crippen molar-refractivity contribution in [3.8, 4) is 0 Å². The van der Waals surface area contributed by atoms with Crippen molar-refractivity contribution in [3.05, 3.63) is 57.9 Å². The van der Waals surface area contributed by atoms with Crippen LogP contribution in [-0.4, -0.2) is 42.9 Å². The third-order valence-electron chi connectivity index (χ3n) is 6.04. The van der Waals surface area contributed by atoms with E-state index in [9.17, 15) is 14.4 Å². The van der Waals surface area contributed by atoms with E-state index in [1.54, 1.807) is 11.8 Å². The van der Waals surface area contributed by atoms with Gasteiger partial charge in [-0.3, -0.25) is 9.59 Å². The van der Waals surface area contributed by atoms with Crippen molar-refractivity contribution in [2.24, 2.45) is 11.8 Å². The zero-order valence-electron chi connectivity index (χ0n) is 19.3. The summed E-state index contributed by atoms with van der Waals surface area (Å²) in [6.45, 7) is 8.05. The van der Waals surface area contributed by atoms with Crippen molar-refractivity contribution in [1.82, 2.24) is 5.32 Å². The molecule has 0 radical (unpaired) electrons. The van der Waals surface area contributed by atoms with Crippen LogP contribution < -0.4 is 5.32 Å². The number of dihydropyridines is 1. The Bertz CT molecular complexity index is 963. The lowest BCUT2D eigenvalue weighted by molar-refractivity contribution is -0.151. The number of carbonyl (C=O) groups excluding carboxylic acids is 3. The van der Waals surface area contributed by atoms with Crippen LogP contribution in [0.5, 0.6) is 0 Å². The number of hydrogen-bond donors (Lipinski definition) is 1. The number of benzene rings is 1. The molecule has 1 aliphatic carbocycles. The van der Waals surface area contributed by atoms with E-state index >= 15 is 0 Å². The van der Waals surface area contributed by atoms with Crippen LogP contribution in [0.25, 0.3) is 0 Å². The van der Waals surface area contributed by atoms with E-state index < -0.39 is 23.8 Å². The topological polar surface area (TPSA) is 81.7 Å². The summed E-state index contributed by atoms with van der Waals surface area (Å²) in [4.78, 5) is 39.2. The molecule has 0 saturated heterocycles. The summed E-state index contributed by atoms with van der Waals surface area (Å²) >= 11 is 1.70. The molecule has 6 nitrogen and oxygen atoms in total. The third-order valence-corrected chi connectivity index (χ3v) is 6.90. The van der Waals surface area contributed by atoms with Crippen molar-refractivity contribution < 1.29 is 23.9 Å². The summed E-state index contributed by atoms with van der Waals surface area (Å²) < 4.78 is 10.5. The second kappa shape index (κ2) is 10.4. The monoisotopic (exact) mass is 457 g/mol. The minimum Gasteiger partial charge on any atom is -0.468 e. The third kappa shape index (κ3) is 4.77. The first kappa shape index (κ1) is 24.1. The highest BCUT2D eigenvalue weighted by atomic mass is 32.2. The molecule has 0 saturated carbocycles. The maximum absolute atomic E-state index is 13.6. The molecule has 1 N–H and O–H groups in total. The molecular formula is C25H31NO5S. The molecule has 0 spiro atoms. The number of rotatable bonds is 7. The zero-order chi connectivity index (χ0) is 23.4. The highest BCUT2D eigenvalue weighted by Gasteiger charge is 2.47. The molecule has 0 amide bonds. The quantitative estimate of drug-likeness (QED) is 0.378. The summed E-state index contributed by atoms with van der Waals surface area (Å²) in [7, 11) is 1.30. The second-order valence-corrected chi connectivity index (χ2v) is 9.67. The first-order valence-corrected chi connectivity index (χ1v) is 12.1. The molecule has 1 aromatic carbocycles. The van der Waals surface area contributed by atoms with E-state index in [1.165, 1.54) is 7.11 Å². The fourth-order valence-electron chi connectivity index (χ4n) is 4.46. The second-order valence-electron chi connectivity index (χ2n) is 8.28. The van der Waals surface area contributed by atoms with Gasteiger partial charge in [-0.05, 0) is 37.5 Å². The first-order chi connectivity index (χ1) is 15.3. The Morgan fingerprint density at radius 1 is 1.19 bits per heavy atom. The molecule has 3 atom stereocenters. The molecule has 1 heterocycles. The predicted octanol–water partition coefficient (Wildman–Crippen LogP) is 3.90. The van der Waals surface area contributed by atoms with Gasteiger partial charge >= 0.3 is 11.9 Å². The van der Waals surface area contributed by atoms with Gasteiger partial charge in [-0.15, -0.1) is 0 Å². The molecule has 7 heteroatoms. The van der Waals surface area contributed by atoms with E-state index in [2.05, 4.69) is 12.2 Å². The number of methoxy groups -OCH3 is 1. The van der Waals surface area contributed by atoms with Gasteiger partial charge in [0.05, 0.1) is 12.7 Å². The number of carbonyl (C=O) groups is 3. The molecule has 0 fully saturated rings. The van der Waals surface area contributed by atoms with E-state index in [0.717, 1.165) is 22.6 Å². The molecule has 3 rings (SSSR count). The zero-order valence-corrected chi connectivity index (χ0v) is 20.1. The number of ketones is 1. The van der Waals surface area contributed by atoms with Gasteiger partial charge in [0.15, 0.2) is 5.78 Å². The van der Waals surface area contributed by atoms with Crippen LogP contribution >= 0.6 is 11.8 Å². The number of nitrogens with one attached hydrogen (secondary N) is 1. The largest absolute Gasteiger partial charge is 0.468 e. The van der Waals surface area contributed by atoms with Crippen molar-refractivity contribution in [1.29, 1.82) is 0 Å². The maximum Gasteiger partial charge on any atom is 0.336 e. The van der Waals surface area contributed by atoms with Crippen LogP contribution in [0.1, 0.15) is 44.2 Å². The van der Waals surface area contributed by atoms with Gasteiger partial charge in [0.1, 0.15) is 12.5 Å². The highest BCUT2D eigenvalue weighted by molar-refractivity contribution is 7.99. The fraction of sp³-hybridized carbons (Fsp3) is 0.480. The SMILES string of the molecule is CCSCCOC(=O)C1=C(C)NC2=C(C(=O)C(C(=O)OC)C(C)C2)C1c1ccc(C)cc1. The Morgan fingerprint density at radius 2 is 1.88 bits per heavy atom. The molecule has 1 aromatic rings. The molecular weight excluding hydrogens is 426 g/mol. The first-order valence-electron chi connectivity index (χ1n) is 10.9. The van der Waals surface area contributed by atoms with Gasteiger partial charge in [-0.1, -0.05) is 43.7 Å². The molecule has 3 unspecified atom stereocenters. The van der Waals surface area contributed by atoms with E-state index in [0.29, 0.717) is 35.6 Å². The molecule has 0 aromatic heterocycles. The molecule has 2 aliphatic rings. The van der Waals surface area contributed by atoms with Gasteiger partial charge in [0, 0.05) is 28.6 Å². The van der Waals surface area contributed by atoms with Crippen LogP contribution in [0.4, 0.5) is 0 Å². The lowest BCUT2D eigenvalue weighted by Gasteiger charge is -2.38. The average Bonchev–Trinajstić information content (AvgIpc) is 2.76. The molecule has 1 aliphatic heterocycles. The molecule has 32 heavy (non-hydrogen) atoms. The van der Waals surface area contributed by atoms with Crippen LogP contribution in [-0.2, 0) is 23.9 Å². The average molecular weight is 458 g/mol. The number of esters is 2. The van der Waals surface area contributed by atoms with Gasteiger partial charge in [0.2, 0.25) is 0 Å². The van der Waals surface area contributed by atoms with Crippen LogP contribution in [0.2, 0.25) is 0 Å². The van der Waals surface area contributed by atoms with E-state index in [4.69, 9.17) is 9.47 Å². The number of allylic oxidation sites excluding steroid dienone is 3. The lowest BCUT2D eigenvalue weighted by atomic mass is 9.69. The minimum absolute atomic E-state index is 0.202. The molecule has 172 valence electrons. The van der Waals surface area contributed by atoms with E-state index in [-0.39, 0.29) is 11.7 Å². The number of hydrogen-bond acceptors (Lipinski definition) is 7. The predicted molar refractivity (Wildman–Crippen MR) is 125 cm³/mol. The smallest absolute Gasteiger partial charge is 0.336 e. The minimum atomic E-state index is -0.884. The highest BCUT2D eigenvalue weighted by Crippen LogP contribution is 2.45. The summed E-state index contributed by atoms with van der Waals surface area (Å²) in [5.74, 6) is -1.28. The number of thioether (sulfide) groups is 1. The Labute approximate surface area is 193 Å². The summed E-state index contributed by atoms with van der Waals surface area (Å²) in [5.41, 5.74) is 4.23. The summed E-state index contributed by atoms with van der Waals surface area (Å²) in [6.07, 6.45) is 0.524. The van der Waals surface area contributed by atoms with Crippen LogP contribution in [0.15, 0.2) is 46.8 Å². The number of ether oxygens (including phenoxy) is 2. The van der Waals surface area contributed by atoms with Gasteiger partial charge in [-0.2, -0.15) is 11.8 Å². The van der Waals surface area contributed by atoms with Crippen molar-refractivity contribution in [2.75, 3.05) is 25.2 Å². The van der Waals surface area contributed by atoms with Crippen molar-refractivity contribution in [2.45, 2.75) is 40.0 Å². The van der Waals surface area contributed by atoms with Crippen molar-refractivity contribution in [3.63, 3.8) is 0 Å². The Morgan fingerprint density at radius 3 is 2.50 bits per heavy atom. The maximum atomic E-state index is 13.6.